The third-order valence-electron chi connectivity index (χ3n) is 3.07. The summed E-state index contributed by atoms with van der Waals surface area (Å²) in [5, 5.41) is 0. The zero-order valence-electron chi connectivity index (χ0n) is 9.56. The van der Waals surface area contributed by atoms with Crippen molar-refractivity contribution in [2.24, 2.45) is 17.8 Å². The van der Waals surface area contributed by atoms with E-state index in [9.17, 15) is 0 Å². The van der Waals surface area contributed by atoms with Gasteiger partial charge in [-0.25, -0.2) is 0 Å². The second-order valence-corrected chi connectivity index (χ2v) is 4.44. The SMILES string of the molecule is CCCCC(C)C(CC)C(C)C. The standard InChI is InChI=1S/C12H26/c1-6-8-9-11(5)12(7-2)10(3)4/h10-12H,6-9H2,1-5H3. The third kappa shape index (κ3) is 4.13. The summed E-state index contributed by atoms with van der Waals surface area (Å²) >= 11 is 0. The maximum absolute atomic E-state index is 2.42. The van der Waals surface area contributed by atoms with Gasteiger partial charge in [-0.1, -0.05) is 60.3 Å². The van der Waals surface area contributed by atoms with Crippen LogP contribution in [0.15, 0.2) is 0 Å². The lowest BCUT2D eigenvalue weighted by Crippen LogP contribution is -2.16. The summed E-state index contributed by atoms with van der Waals surface area (Å²) in [6.07, 6.45) is 5.53. The first-order chi connectivity index (χ1) is 5.63. The molecule has 0 aliphatic rings. The average molecular weight is 170 g/mol. The van der Waals surface area contributed by atoms with Gasteiger partial charge in [0.1, 0.15) is 0 Å². The van der Waals surface area contributed by atoms with Gasteiger partial charge in [-0.2, -0.15) is 0 Å². The molecule has 0 spiro atoms. The molecule has 0 aliphatic heterocycles. The fourth-order valence-corrected chi connectivity index (χ4v) is 2.27. The molecule has 0 saturated carbocycles. The van der Waals surface area contributed by atoms with Gasteiger partial charge in [-0.05, 0) is 17.8 Å². The minimum Gasteiger partial charge on any atom is -0.0654 e. The molecule has 0 fully saturated rings. The van der Waals surface area contributed by atoms with E-state index in [4.69, 9.17) is 0 Å². The van der Waals surface area contributed by atoms with Crippen molar-refractivity contribution in [3.05, 3.63) is 0 Å². The van der Waals surface area contributed by atoms with Gasteiger partial charge in [0.15, 0.2) is 0 Å². The molecule has 0 amide bonds. The van der Waals surface area contributed by atoms with Gasteiger partial charge in [0, 0.05) is 0 Å². The van der Waals surface area contributed by atoms with Crippen LogP contribution in [0.2, 0.25) is 0 Å². The van der Waals surface area contributed by atoms with E-state index in [-0.39, 0.29) is 0 Å². The highest BCUT2D eigenvalue weighted by atomic mass is 14.2. The summed E-state index contributed by atoms with van der Waals surface area (Å²) in [5.41, 5.74) is 0. The van der Waals surface area contributed by atoms with E-state index < -0.39 is 0 Å². The van der Waals surface area contributed by atoms with Crippen molar-refractivity contribution in [3.8, 4) is 0 Å². The molecular weight excluding hydrogens is 144 g/mol. The highest BCUT2D eigenvalue weighted by Crippen LogP contribution is 2.27. The predicted molar refractivity (Wildman–Crippen MR) is 57.3 cm³/mol. The van der Waals surface area contributed by atoms with Crippen molar-refractivity contribution in [3.63, 3.8) is 0 Å². The first-order valence-electron chi connectivity index (χ1n) is 5.63. The second kappa shape index (κ2) is 6.51. The fourth-order valence-electron chi connectivity index (χ4n) is 2.27. The van der Waals surface area contributed by atoms with Gasteiger partial charge in [0.2, 0.25) is 0 Å². The molecule has 0 heteroatoms. The smallest absolute Gasteiger partial charge is 0.0368 e. The normalized spacial score (nSPS) is 16.5. The summed E-state index contributed by atoms with van der Waals surface area (Å²) in [4.78, 5) is 0. The molecule has 2 atom stereocenters. The van der Waals surface area contributed by atoms with E-state index in [0.29, 0.717) is 0 Å². The monoisotopic (exact) mass is 170 g/mol. The number of hydrogen-bond acceptors (Lipinski definition) is 0. The van der Waals surface area contributed by atoms with Crippen LogP contribution in [0.3, 0.4) is 0 Å². The van der Waals surface area contributed by atoms with Crippen LogP contribution < -0.4 is 0 Å². The van der Waals surface area contributed by atoms with Crippen LogP contribution in [0.25, 0.3) is 0 Å². The van der Waals surface area contributed by atoms with E-state index in [2.05, 4.69) is 34.6 Å². The van der Waals surface area contributed by atoms with Crippen molar-refractivity contribution < 1.29 is 0 Å². The van der Waals surface area contributed by atoms with E-state index in [1.54, 1.807) is 0 Å². The molecule has 0 aromatic heterocycles. The van der Waals surface area contributed by atoms with Crippen molar-refractivity contribution in [1.82, 2.24) is 0 Å². The highest BCUT2D eigenvalue weighted by molar-refractivity contribution is 4.68. The predicted octanol–water partition coefficient (Wildman–Crippen LogP) is 4.49. The van der Waals surface area contributed by atoms with E-state index >= 15 is 0 Å². The largest absolute Gasteiger partial charge is 0.0654 e. The lowest BCUT2D eigenvalue weighted by Gasteiger charge is -2.26. The molecule has 0 radical (unpaired) electrons. The Balaban J connectivity index is 3.77. The first-order valence-corrected chi connectivity index (χ1v) is 5.63. The summed E-state index contributed by atoms with van der Waals surface area (Å²) < 4.78 is 0. The zero-order valence-corrected chi connectivity index (χ0v) is 9.56. The highest BCUT2D eigenvalue weighted by Gasteiger charge is 2.17. The molecule has 0 heterocycles. The molecule has 74 valence electrons. The Morgan fingerprint density at radius 1 is 1.00 bits per heavy atom. The summed E-state index contributed by atoms with van der Waals surface area (Å²) in [6.45, 7) is 11.7. The quantitative estimate of drug-likeness (QED) is 0.551. The molecule has 0 bridgehead atoms. The van der Waals surface area contributed by atoms with Gasteiger partial charge in [-0.3, -0.25) is 0 Å². The average Bonchev–Trinajstić information content (AvgIpc) is 2.01. The molecule has 2 unspecified atom stereocenters. The number of rotatable bonds is 6. The van der Waals surface area contributed by atoms with E-state index in [1.807, 2.05) is 0 Å². The molecule has 0 aliphatic carbocycles. The maximum atomic E-state index is 2.42. The topological polar surface area (TPSA) is 0 Å². The lowest BCUT2D eigenvalue weighted by atomic mass is 9.80. The zero-order chi connectivity index (χ0) is 9.56. The summed E-state index contributed by atoms with van der Waals surface area (Å²) in [6, 6.07) is 0. The Bertz CT molecular complexity index is 94.2. The first kappa shape index (κ1) is 12.0. The Labute approximate surface area is 78.8 Å². The van der Waals surface area contributed by atoms with Crippen molar-refractivity contribution in [2.45, 2.75) is 60.3 Å². The molecule has 0 aromatic carbocycles. The molecule has 0 aromatic rings. The van der Waals surface area contributed by atoms with Gasteiger partial charge in [0.05, 0.1) is 0 Å². The Morgan fingerprint density at radius 3 is 1.92 bits per heavy atom. The summed E-state index contributed by atoms with van der Waals surface area (Å²) in [7, 11) is 0. The Kier molecular flexibility index (Phi) is 6.51. The van der Waals surface area contributed by atoms with Crippen LogP contribution in [0.4, 0.5) is 0 Å². The molecular formula is C12H26. The van der Waals surface area contributed by atoms with Crippen LogP contribution in [-0.4, -0.2) is 0 Å². The molecule has 0 saturated heterocycles. The maximum Gasteiger partial charge on any atom is -0.0368 e. The summed E-state index contributed by atoms with van der Waals surface area (Å²) in [5.74, 6) is 2.73. The van der Waals surface area contributed by atoms with Crippen LogP contribution in [0, 0.1) is 17.8 Å². The number of hydrogen-bond donors (Lipinski definition) is 0. The Hall–Kier alpha value is 0. The molecule has 12 heavy (non-hydrogen) atoms. The van der Waals surface area contributed by atoms with Crippen molar-refractivity contribution >= 4 is 0 Å². The van der Waals surface area contributed by atoms with Gasteiger partial charge in [-0.15, -0.1) is 0 Å². The Morgan fingerprint density at radius 2 is 1.58 bits per heavy atom. The molecule has 0 N–H and O–H groups in total. The van der Waals surface area contributed by atoms with Crippen molar-refractivity contribution in [1.29, 1.82) is 0 Å². The van der Waals surface area contributed by atoms with Crippen molar-refractivity contribution in [2.75, 3.05) is 0 Å². The van der Waals surface area contributed by atoms with E-state index in [1.165, 1.54) is 25.7 Å². The van der Waals surface area contributed by atoms with Gasteiger partial charge >= 0.3 is 0 Å². The molecule has 0 nitrogen and oxygen atoms in total. The molecule has 0 rings (SSSR count). The van der Waals surface area contributed by atoms with Crippen LogP contribution in [-0.2, 0) is 0 Å². The van der Waals surface area contributed by atoms with Crippen LogP contribution >= 0.6 is 0 Å². The van der Waals surface area contributed by atoms with Crippen LogP contribution in [0.1, 0.15) is 60.3 Å². The minimum atomic E-state index is 0.863. The van der Waals surface area contributed by atoms with Gasteiger partial charge in [0.25, 0.3) is 0 Å². The second-order valence-electron chi connectivity index (χ2n) is 4.44. The number of unbranched alkanes of at least 4 members (excludes halogenated alkanes) is 1. The fraction of sp³-hybridized carbons (Fsp3) is 1.00. The van der Waals surface area contributed by atoms with E-state index in [0.717, 1.165) is 17.8 Å². The minimum absolute atomic E-state index is 0.863. The lowest BCUT2D eigenvalue weighted by molar-refractivity contribution is 0.246. The third-order valence-corrected chi connectivity index (χ3v) is 3.07. The van der Waals surface area contributed by atoms with Gasteiger partial charge < -0.3 is 0 Å². The van der Waals surface area contributed by atoms with Crippen LogP contribution in [0.5, 0.6) is 0 Å².